The van der Waals surface area contributed by atoms with E-state index in [2.05, 4.69) is 28.1 Å². The first-order valence-corrected chi connectivity index (χ1v) is 8.79. The van der Waals surface area contributed by atoms with Gasteiger partial charge in [-0.05, 0) is 31.2 Å². The molecule has 26 heavy (non-hydrogen) atoms. The van der Waals surface area contributed by atoms with Gasteiger partial charge >= 0.3 is 0 Å². The van der Waals surface area contributed by atoms with Gasteiger partial charge in [-0.1, -0.05) is 12.1 Å². The number of hydrogen-bond acceptors (Lipinski definition) is 4. The molecular weight excluding hydrogens is 328 g/mol. The van der Waals surface area contributed by atoms with Crippen LogP contribution in [0, 0.1) is 0 Å². The van der Waals surface area contributed by atoms with Gasteiger partial charge in [-0.25, -0.2) is 0 Å². The minimum Gasteiger partial charge on any atom is -0.497 e. The van der Waals surface area contributed by atoms with Gasteiger partial charge < -0.3 is 14.5 Å². The highest BCUT2D eigenvalue weighted by Crippen LogP contribution is 2.26. The molecule has 2 heterocycles. The minimum absolute atomic E-state index is 0.0640. The van der Waals surface area contributed by atoms with Gasteiger partial charge in [0.2, 0.25) is 0 Å². The number of fused-ring (bicyclic) bond motifs is 1. The Bertz CT molecular complexity index is 936. The smallest absolute Gasteiger partial charge is 0.254 e. The SMILES string of the molecule is COc1cccc(N2CCN(C(=O)c3cccc4[nH]ncc34)CC2C)c1. The number of benzene rings is 2. The summed E-state index contributed by atoms with van der Waals surface area (Å²) in [5, 5.41) is 7.86. The van der Waals surface area contributed by atoms with Crippen LogP contribution in [-0.4, -0.2) is 53.8 Å². The Morgan fingerprint density at radius 1 is 1.23 bits per heavy atom. The molecule has 0 bridgehead atoms. The summed E-state index contributed by atoms with van der Waals surface area (Å²) in [4.78, 5) is 17.3. The number of aromatic nitrogens is 2. The number of nitrogens with zero attached hydrogens (tertiary/aromatic N) is 3. The molecule has 1 unspecified atom stereocenters. The molecule has 2 aromatic carbocycles. The molecule has 1 aromatic heterocycles. The molecule has 3 aromatic rings. The van der Waals surface area contributed by atoms with Gasteiger partial charge in [-0.3, -0.25) is 9.89 Å². The van der Waals surface area contributed by atoms with Crippen LogP contribution in [0.25, 0.3) is 10.9 Å². The van der Waals surface area contributed by atoms with E-state index in [1.807, 2.05) is 41.3 Å². The van der Waals surface area contributed by atoms with Crippen LogP contribution >= 0.6 is 0 Å². The molecule has 4 rings (SSSR count). The van der Waals surface area contributed by atoms with E-state index in [1.165, 1.54) is 0 Å². The zero-order chi connectivity index (χ0) is 18.1. The molecule has 1 fully saturated rings. The van der Waals surface area contributed by atoms with Crippen molar-refractivity contribution in [1.82, 2.24) is 15.1 Å². The number of aromatic amines is 1. The first-order chi connectivity index (χ1) is 12.7. The molecule has 0 saturated carbocycles. The number of methoxy groups -OCH3 is 1. The summed E-state index contributed by atoms with van der Waals surface area (Å²) < 4.78 is 5.33. The lowest BCUT2D eigenvalue weighted by Gasteiger charge is -2.41. The van der Waals surface area contributed by atoms with Gasteiger partial charge in [0.05, 0.1) is 24.4 Å². The summed E-state index contributed by atoms with van der Waals surface area (Å²) >= 11 is 0. The highest BCUT2D eigenvalue weighted by atomic mass is 16.5. The Labute approximate surface area is 152 Å². The van der Waals surface area contributed by atoms with E-state index in [0.717, 1.165) is 28.9 Å². The van der Waals surface area contributed by atoms with Crippen molar-refractivity contribution < 1.29 is 9.53 Å². The maximum absolute atomic E-state index is 13.0. The number of ether oxygens (including phenoxy) is 1. The predicted molar refractivity (Wildman–Crippen MR) is 102 cm³/mol. The summed E-state index contributed by atoms with van der Waals surface area (Å²) in [6.07, 6.45) is 1.72. The third kappa shape index (κ3) is 2.87. The number of amides is 1. The predicted octanol–water partition coefficient (Wildman–Crippen LogP) is 2.92. The van der Waals surface area contributed by atoms with Gasteiger partial charge in [0, 0.05) is 42.8 Å². The van der Waals surface area contributed by atoms with Crippen LogP contribution in [0.5, 0.6) is 5.75 Å². The van der Waals surface area contributed by atoms with E-state index in [9.17, 15) is 4.79 Å². The molecule has 1 aliphatic heterocycles. The van der Waals surface area contributed by atoms with Crippen molar-refractivity contribution in [2.45, 2.75) is 13.0 Å². The number of carbonyl (C=O) groups is 1. The van der Waals surface area contributed by atoms with Gasteiger partial charge in [0.15, 0.2) is 0 Å². The van der Waals surface area contributed by atoms with Crippen LogP contribution in [0.1, 0.15) is 17.3 Å². The molecule has 0 radical (unpaired) electrons. The fourth-order valence-corrected chi connectivity index (χ4v) is 3.64. The van der Waals surface area contributed by atoms with Crippen molar-refractivity contribution in [1.29, 1.82) is 0 Å². The molecule has 134 valence electrons. The first-order valence-electron chi connectivity index (χ1n) is 8.79. The molecule has 1 N–H and O–H groups in total. The summed E-state index contributed by atoms with van der Waals surface area (Å²) in [6, 6.07) is 14.0. The second-order valence-corrected chi connectivity index (χ2v) is 6.63. The van der Waals surface area contributed by atoms with E-state index < -0.39 is 0 Å². The Balaban J connectivity index is 1.53. The van der Waals surface area contributed by atoms with Crippen molar-refractivity contribution in [2.75, 3.05) is 31.6 Å². The lowest BCUT2D eigenvalue weighted by Crippen LogP contribution is -2.53. The van der Waals surface area contributed by atoms with E-state index in [-0.39, 0.29) is 11.9 Å². The third-order valence-corrected chi connectivity index (χ3v) is 5.01. The third-order valence-electron chi connectivity index (χ3n) is 5.01. The first kappa shape index (κ1) is 16.4. The number of rotatable bonds is 3. The molecule has 6 nitrogen and oxygen atoms in total. The topological polar surface area (TPSA) is 61.5 Å². The van der Waals surface area contributed by atoms with Crippen LogP contribution in [0.15, 0.2) is 48.7 Å². The van der Waals surface area contributed by atoms with Gasteiger partial charge in [0.1, 0.15) is 5.75 Å². The molecule has 6 heteroatoms. The van der Waals surface area contributed by atoms with Crippen LogP contribution in [0.2, 0.25) is 0 Å². The molecular formula is C20H22N4O2. The summed E-state index contributed by atoms with van der Waals surface area (Å²) in [5.74, 6) is 0.911. The van der Waals surface area contributed by atoms with Crippen molar-refractivity contribution in [3.8, 4) is 5.75 Å². The Morgan fingerprint density at radius 3 is 2.88 bits per heavy atom. The van der Waals surface area contributed by atoms with E-state index in [4.69, 9.17) is 4.74 Å². The number of H-pyrrole nitrogens is 1. The average molecular weight is 350 g/mol. The molecule has 1 amide bonds. The fourth-order valence-electron chi connectivity index (χ4n) is 3.64. The number of anilines is 1. The van der Waals surface area contributed by atoms with Gasteiger partial charge in [-0.15, -0.1) is 0 Å². The zero-order valence-electron chi connectivity index (χ0n) is 15.0. The van der Waals surface area contributed by atoms with Gasteiger partial charge in [-0.2, -0.15) is 5.10 Å². The monoisotopic (exact) mass is 350 g/mol. The van der Waals surface area contributed by atoms with Crippen LogP contribution < -0.4 is 9.64 Å². The Kier molecular flexibility index (Phi) is 4.24. The van der Waals surface area contributed by atoms with Crippen molar-refractivity contribution >= 4 is 22.5 Å². The highest BCUT2D eigenvalue weighted by Gasteiger charge is 2.28. The maximum Gasteiger partial charge on any atom is 0.254 e. The molecule has 0 aliphatic carbocycles. The van der Waals surface area contributed by atoms with Crippen LogP contribution in [0.4, 0.5) is 5.69 Å². The van der Waals surface area contributed by atoms with E-state index >= 15 is 0 Å². The molecule has 1 saturated heterocycles. The van der Waals surface area contributed by atoms with E-state index in [1.54, 1.807) is 13.3 Å². The lowest BCUT2D eigenvalue weighted by molar-refractivity contribution is 0.0728. The quantitative estimate of drug-likeness (QED) is 0.789. The van der Waals surface area contributed by atoms with Gasteiger partial charge in [0.25, 0.3) is 5.91 Å². The normalized spacial score (nSPS) is 17.5. The van der Waals surface area contributed by atoms with Crippen LogP contribution in [-0.2, 0) is 0 Å². The molecule has 0 spiro atoms. The number of hydrogen-bond donors (Lipinski definition) is 1. The van der Waals surface area contributed by atoms with E-state index in [0.29, 0.717) is 18.7 Å². The second-order valence-electron chi connectivity index (χ2n) is 6.63. The Hall–Kier alpha value is -3.02. The van der Waals surface area contributed by atoms with Crippen LogP contribution in [0.3, 0.4) is 0 Å². The zero-order valence-corrected chi connectivity index (χ0v) is 15.0. The lowest BCUT2D eigenvalue weighted by atomic mass is 10.1. The van der Waals surface area contributed by atoms with Crippen molar-refractivity contribution in [3.05, 3.63) is 54.2 Å². The summed E-state index contributed by atoms with van der Waals surface area (Å²) in [6.45, 7) is 4.32. The second kappa shape index (κ2) is 6.71. The largest absolute Gasteiger partial charge is 0.497 e. The van der Waals surface area contributed by atoms with Crippen molar-refractivity contribution in [3.63, 3.8) is 0 Å². The standard InChI is InChI=1S/C20H22N4O2/c1-14-13-23(9-10-24(14)15-5-3-6-16(11-15)26-2)20(25)17-7-4-8-19-18(17)12-21-22-19/h3-8,11-12,14H,9-10,13H2,1-2H3,(H,21,22). The highest BCUT2D eigenvalue weighted by molar-refractivity contribution is 6.06. The number of piperazine rings is 1. The van der Waals surface area contributed by atoms with Crippen molar-refractivity contribution in [2.24, 2.45) is 0 Å². The minimum atomic E-state index is 0.0640. The maximum atomic E-state index is 13.0. The average Bonchev–Trinajstić information content (AvgIpc) is 3.16. The Morgan fingerprint density at radius 2 is 2.08 bits per heavy atom. The number of nitrogens with one attached hydrogen (secondary N) is 1. The summed E-state index contributed by atoms with van der Waals surface area (Å²) in [7, 11) is 1.68. The number of carbonyl (C=O) groups excluding carboxylic acids is 1. The molecule has 1 aliphatic rings. The molecule has 1 atom stereocenters. The fraction of sp³-hybridized carbons (Fsp3) is 0.300. The summed E-state index contributed by atoms with van der Waals surface area (Å²) in [5.41, 5.74) is 2.72.